The van der Waals surface area contributed by atoms with Gasteiger partial charge in [-0.1, -0.05) is 0 Å². The fourth-order valence-electron chi connectivity index (χ4n) is 0.990. The summed E-state index contributed by atoms with van der Waals surface area (Å²) in [5.74, 6) is -0.345. The molecule has 3 nitrogen and oxygen atoms in total. The minimum Gasteiger partial charge on any atom is -0.434 e. The van der Waals surface area contributed by atoms with Crippen molar-refractivity contribution in [2.45, 2.75) is 31.4 Å². The zero-order valence-corrected chi connectivity index (χ0v) is 7.13. The Balaban J connectivity index is 2.35. The lowest BCUT2D eigenvalue weighted by Gasteiger charge is -2.26. The van der Waals surface area contributed by atoms with Crippen LogP contribution in [0.4, 0.5) is 0 Å². The molecule has 0 amide bonds. The first-order valence-electron chi connectivity index (χ1n) is 3.63. The molecular weight excluding hydrogens is 168 g/mol. The maximum Gasteiger partial charge on any atom is 0.304 e. The van der Waals surface area contributed by atoms with Gasteiger partial charge < -0.3 is 9.47 Å². The van der Waals surface area contributed by atoms with Gasteiger partial charge in [0.25, 0.3) is 0 Å². The Morgan fingerprint density at radius 2 is 2.45 bits per heavy atom. The molecule has 0 aromatic rings. The highest BCUT2D eigenvalue weighted by molar-refractivity contribution is 6.21. The molecule has 0 aromatic carbocycles. The Morgan fingerprint density at radius 3 is 3.00 bits per heavy atom. The van der Waals surface area contributed by atoms with Crippen LogP contribution in [0.15, 0.2) is 0 Å². The smallest absolute Gasteiger partial charge is 0.304 e. The van der Waals surface area contributed by atoms with E-state index in [2.05, 4.69) is 0 Å². The third kappa shape index (κ3) is 2.67. The summed E-state index contributed by atoms with van der Waals surface area (Å²) in [6.07, 6.45) is 1.24. The molecule has 64 valence electrons. The quantitative estimate of drug-likeness (QED) is 0.449. The number of alkyl halides is 1. The fourth-order valence-corrected chi connectivity index (χ4v) is 1.27. The lowest BCUT2D eigenvalue weighted by atomic mass is 10.2. The van der Waals surface area contributed by atoms with Crippen molar-refractivity contribution < 1.29 is 14.3 Å². The van der Waals surface area contributed by atoms with Crippen LogP contribution in [0.5, 0.6) is 0 Å². The number of rotatable bonds is 1. The summed E-state index contributed by atoms with van der Waals surface area (Å²) in [5, 5.41) is -0.187. The zero-order chi connectivity index (χ0) is 8.27. The normalized spacial score (nSPS) is 31.5. The molecular formula is C7H11ClO3. The van der Waals surface area contributed by atoms with E-state index in [4.69, 9.17) is 21.1 Å². The van der Waals surface area contributed by atoms with Crippen LogP contribution in [-0.2, 0) is 14.3 Å². The molecule has 0 aromatic heterocycles. The van der Waals surface area contributed by atoms with Gasteiger partial charge in [0.1, 0.15) is 0 Å². The number of ether oxygens (including phenoxy) is 2. The first kappa shape index (κ1) is 8.81. The minimum atomic E-state index is -0.539. The maximum atomic E-state index is 10.5. The van der Waals surface area contributed by atoms with Gasteiger partial charge in [-0.05, 0) is 12.8 Å². The lowest BCUT2D eigenvalue weighted by molar-refractivity contribution is -0.182. The molecule has 0 spiro atoms. The highest BCUT2D eigenvalue weighted by Crippen LogP contribution is 2.20. The predicted octanol–water partition coefficient (Wildman–Crippen LogP) is 1.29. The van der Waals surface area contributed by atoms with Crippen LogP contribution in [-0.4, -0.2) is 24.2 Å². The second-order valence-electron chi connectivity index (χ2n) is 2.51. The van der Waals surface area contributed by atoms with E-state index in [1.54, 1.807) is 0 Å². The van der Waals surface area contributed by atoms with Crippen molar-refractivity contribution in [1.82, 2.24) is 0 Å². The predicted molar refractivity (Wildman–Crippen MR) is 40.4 cm³/mol. The summed E-state index contributed by atoms with van der Waals surface area (Å²) in [6.45, 7) is 1.97. The van der Waals surface area contributed by atoms with Gasteiger partial charge >= 0.3 is 5.97 Å². The van der Waals surface area contributed by atoms with Crippen molar-refractivity contribution in [3.63, 3.8) is 0 Å². The van der Waals surface area contributed by atoms with Gasteiger partial charge in [0, 0.05) is 6.92 Å². The van der Waals surface area contributed by atoms with Gasteiger partial charge in [0.05, 0.1) is 12.0 Å². The molecule has 0 N–H and O–H groups in total. The molecule has 11 heavy (non-hydrogen) atoms. The van der Waals surface area contributed by atoms with Crippen LogP contribution in [0, 0.1) is 0 Å². The molecule has 4 heteroatoms. The summed E-state index contributed by atoms with van der Waals surface area (Å²) in [4.78, 5) is 10.5. The molecule has 1 heterocycles. The van der Waals surface area contributed by atoms with Gasteiger partial charge in [-0.3, -0.25) is 4.79 Å². The van der Waals surface area contributed by atoms with Gasteiger partial charge in [-0.2, -0.15) is 0 Å². The number of esters is 1. The molecule has 1 aliphatic rings. The van der Waals surface area contributed by atoms with Crippen molar-refractivity contribution in [1.29, 1.82) is 0 Å². The topological polar surface area (TPSA) is 35.5 Å². The van der Waals surface area contributed by atoms with Crippen molar-refractivity contribution in [3.05, 3.63) is 0 Å². The van der Waals surface area contributed by atoms with Crippen molar-refractivity contribution in [3.8, 4) is 0 Å². The fraction of sp³-hybridized carbons (Fsp3) is 0.857. The Hall–Kier alpha value is -0.280. The van der Waals surface area contributed by atoms with Gasteiger partial charge in [-0.15, -0.1) is 11.6 Å². The largest absolute Gasteiger partial charge is 0.434 e. The summed E-state index contributed by atoms with van der Waals surface area (Å²) in [6, 6.07) is 0. The van der Waals surface area contributed by atoms with Gasteiger partial charge in [-0.25, -0.2) is 0 Å². The van der Waals surface area contributed by atoms with Crippen molar-refractivity contribution >= 4 is 17.6 Å². The highest BCUT2D eigenvalue weighted by atomic mass is 35.5. The van der Waals surface area contributed by atoms with Crippen LogP contribution >= 0.6 is 11.6 Å². The molecule has 0 saturated carbocycles. The second-order valence-corrected chi connectivity index (χ2v) is 3.07. The Kier molecular flexibility index (Phi) is 3.15. The molecule has 2 atom stereocenters. The zero-order valence-electron chi connectivity index (χ0n) is 6.38. The standard InChI is InChI=1S/C7H11ClO3/c1-5(9)11-7-6(8)3-2-4-10-7/h6-7H,2-4H2,1H3/t6-,7-/m0/s1. The first-order valence-corrected chi connectivity index (χ1v) is 4.06. The lowest BCUT2D eigenvalue weighted by Crippen LogP contribution is -2.33. The van der Waals surface area contributed by atoms with Crippen molar-refractivity contribution in [2.24, 2.45) is 0 Å². The average Bonchev–Trinajstić information content (AvgIpc) is 1.93. The molecule has 0 bridgehead atoms. The average molecular weight is 179 g/mol. The van der Waals surface area contributed by atoms with E-state index in [1.807, 2.05) is 0 Å². The molecule has 1 aliphatic heterocycles. The third-order valence-electron chi connectivity index (χ3n) is 1.48. The van der Waals surface area contributed by atoms with Crippen LogP contribution in [0.3, 0.4) is 0 Å². The monoisotopic (exact) mass is 178 g/mol. The molecule has 0 unspecified atom stereocenters. The number of hydrogen-bond donors (Lipinski definition) is 0. The Labute approximate surface area is 70.6 Å². The van der Waals surface area contributed by atoms with Gasteiger partial charge in [0.15, 0.2) is 0 Å². The van der Waals surface area contributed by atoms with E-state index >= 15 is 0 Å². The van der Waals surface area contributed by atoms with E-state index in [0.717, 1.165) is 12.8 Å². The third-order valence-corrected chi connectivity index (χ3v) is 1.91. The van der Waals surface area contributed by atoms with E-state index in [9.17, 15) is 4.79 Å². The van der Waals surface area contributed by atoms with Crippen LogP contribution in [0.25, 0.3) is 0 Å². The Bertz CT molecular complexity index is 149. The van der Waals surface area contributed by atoms with Crippen LogP contribution in [0.2, 0.25) is 0 Å². The van der Waals surface area contributed by atoms with Gasteiger partial charge in [0.2, 0.25) is 6.29 Å². The van der Waals surface area contributed by atoms with Crippen molar-refractivity contribution in [2.75, 3.05) is 6.61 Å². The highest BCUT2D eigenvalue weighted by Gasteiger charge is 2.26. The van der Waals surface area contributed by atoms with E-state index < -0.39 is 6.29 Å². The molecule has 1 fully saturated rings. The Morgan fingerprint density at radius 1 is 1.73 bits per heavy atom. The number of carbonyl (C=O) groups excluding carboxylic acids is 1. The SMILES string of the molecule is CC(=O)O[C@@H]1OCCC[C@@H]1Cl. The van der Waals surface area contributed by atoms with Crippen LogP contribution < -0.4 is 0 Å². The summed E-state index contributed by atoms with van der Waals surface area (Å²) in [7, 11) is 0. The minimum absolute atomic E-state index is 0.187. The second kappa shape index (κ2) is 3.93. The molecule has 1 rings (SSSR count). The van der Waals surface area contributed by atoms with E-state index in [0.29, 0.717) is 6.61 Å². The molecule has 1 saturated heterocycles. The summed E-state index contributed by atoms with van der Waals surface area (Å²) < 4.78 is 9.94. The van der Waals surface area contributed by atoms with E-state index in [-0.39, 0.29) is 11.3 Å². The number of hydrogen-bond acceptors (Lipinski definition) is 3. The number of halogens is 1. The summed E-state index contributed by atoms with van der Waals surface area (Å²) >= 11 is 5.82. The molecule has 0 aliphatic carbocycles. The number of carbonyl (C=O) groups is 1. The summed E-state index contributed by atoms with van der Waals surface area (Å²) in [5.41, 5.74) is 0. The molecule has 0 radical (unpaired) electrons. The van der Waals surface area contributed by atoms with E-state index in [1.165, 1.54) is 6.92 Å². The van der Waals surface area contributed by atoms with Crippen LogP contribution in [0.1, 0.15) is 19.8 Å². The maximum absolute atomic E-state index is 10.5. The first-order chi connectivity index (χ1) is 5.20.